The molecule has 1 aliphatic rings. The highest BCUT2D eigenvalue weighted by atomic mass is 35.5. The monoisotopic (exact) mass is 336 g/mol. The van der Waals surface area contributed by atoms with Gasteiger partial charge < -0.3 is 19.2 Å². The third kappa shape index (κ3) is 3.06. The van der Waals surface area contributed by atoms with Crippen LogP contribution in [0.5, 0.6) is 0 Å². The zero-order chi connectivity index (χ0) is 16.4. The van der Waals surface area contributed by atoms with E-state index < -0.39 is 18.0 Å². The summed E-state index contributed by atoms with van der Waals surface area (Å²) in [5, 5.41) is 9.46. The zero-order valence-electron chi connectivity index (χ0n) is 11.9. The summed E-state index contributed by atoms with van der Waals surface area (Å²) in [4.78, 5) is 29.0. The molecule has 7 nitrogen and oxygen atoms in total. The van der Waals surface area contributed by atoms with Crippen LogP contribution >= 0.6 is 11.6 Å². The van der Waals surface area contributed by atoms with Crippen LogP contribution in [0.3, 0.4) is 0 Å². The summed E-state index contributed by atoms with van der Waals surface area (Å²) in [6.07, 6.45) is 0.129. The smallest absolute Gasteiger partial charge is 0.334 e. The van der Waals surface area contributed by atoms with Crippen molar-refractivity contribution >= 4 is 23.5 Å². The average molecular weight is 337 g/mol. The van der Waals surface area contributed by atoms with Crippen molar-refractivity contribution in [2.75, 3.05) is 19.7 Å². The summed E-state index contributed by atoms with van der Waals surface area (Å²) in [5.41, 5.74) is 0.655. The molecule has 120 valence electrons. The highest BCUT2D eigenvalue weighted by Crippen LogP contribution is 2.30. The van der Waals surface area contributed by atoms with Gasteiger partial charge in [0, 0.05) is 12.1 Å². The molecular weight excluding hydrogens is 324 g/mol. The molecule has 0 saturated carbocycles. The molecule has 2 heterocycles. The van der Waals surface area contributed by atoms with Crippen molar-refractivity contribution < 1.29 is 23.8 Å². The van der Waals surface area contributed by atoms with E-state index in [0.717, 1.165) is 0 Å². The van der Waals surface area contributed by atoms with Gasteiger partial charge in [0.05, 0.1) is 18.2 Å². The number of rotatable bonds is 3. The number of carboxylic acid groups (broad SMARTS) is 1. The number of carbonyl (C=O) groups excluding carboxylic acids is 1. The van der Waals surface area contributed by atoms with Gasteiger partial charge in [0.2, 0.25) is 0 Å². The molecular formula is C15H13ClN2O5. The Morgan fingerprint density at radius 2 is 2.13 bits per heavy atom. The number of hydrogen-bond acceptors (Lipinski definition) is 5. The third-order valence-electron chi connectivity index (χ3n) is 3.52. The Bertz CT molecular complexity index is 745. The molecule has 23 heavy (non-hydrogen) atoms. The van der Waals surface area contributed by atoms with E-state index in [1.165, 1.54) is 11.3 Å². The lowest BCUT2D eigenvalue weighted by molar-refractivity contribution is -0.154. The van der Waals surface area contributed by atoms with Crippen molar-refractivity contribution in [1.82, 2.24) is 9.88 Å². The minimum atomic E-state index is -1.10. The minimum absolute atomic E-state index is 0.0387. The molecule has 0 radical (unpaired) electrons. The van der Waals surface area contributed by atoms with Crippen LogP contribution in [0.4, 0.5) is 0 Å². The molecule has 1 N–H and O–H groups in total. The fourth-order valence-electron chi connectivity index (χ4n) is 2.37. The van der Waals surface area contributed by atoms with Gasteiger partial charge >= 0.3 is 5.97 Å². The lowest BCUT2D eigenvalue weighted by atomic mass is 10.1. The predicted molar refractivity (Wildman–Crippen MR) is 80.2 cm³/mol. The van der Waals surface area contributed by atoms with Crippen LogP contribution in [0.2, 0.25) is 5.02 Å². The molecule has 1 saturated heterocycles. The number of hydrogen-bond donors (Lipinski definition) is 1. The number of carbonyl (C=O) groups is 2. The van der Waals surface area contributed by atoms with E-state index in [-0.39, 0.29) is 31.2 Å². The van der Waals surface area contributed by atoms with E-state index >= 15 is 0 Å². The molecule has 3 rings (SSSR count). The van der Waals surface area contributed by atoms with Gasteiger partial charge in [-0.2, -0.15) is 0 Å². The first kappa shape index (κ1) is 15.5. The van der Waals surface area contributed by atoms with Crippen molar-refractivity contribution in [3.05, 3.63) is 41.4 Å². The maximum Gasteiger partial charge on any atom is 0.334 e. The van der Waals surface area contributed by atoms with E-state index in [1.54, 1.807) is 24.3 Å². The summed E-state index contributed by atoms with van der Waals surface area (Å²) >= 11 is 6.13. The second-order valence-electron chi connectivity index (χ2n) is 4.96. The lowest BCUT2D eigenvalue weighted by Crippen LogP contribution is -2.48. The molecule has 0 aliphatic carbocycles. The van der Waals surface area contributed by atoms with Gasteiger partial charge in [-0.15, -0.1) is 0 Å². The van der Waals surface area contributed by atoms with Crippen LogP contribution < -0.4 is 0 Å². The van der Waals surface area contributed by atoms with Gasteiger partial charge in [0.15, 0.2) is 24.0 Å². The normalized spacial score (nSPS) is 18.0. The largest absolute Gasteiger partial charge is 0.479 e. The summed E-state index contributed by atoms with van der Waals surface area (Å²) < 4.78 is 10.4. The van der Waals surface area contributed by atoms with Crippen LogP contribution in [0.1, 0.15) is 10.5 Å². The number of oxazole rings is 1. The first-order valence-electron chi connectivity index (χ1n) is 6.90. The summed E-state index contributed by atoms with van der Waals surface area (Å²) in [5.74, 6) is -1.25. The first-order valence-corrected chi connectivity index (χ1v) is 7.28. The van der Waals surface area contributed by atoms with Crippen LogP contribution in [0.25, 0.3) is 11.3 Å². The molecule has 0 spiro atoms. The van der Waals surface area contributed by atoms with Crippen molar-refractivity contribution in [3.63, 3.8) is 0 Å². The first-order chi connectivity index (χ1) is 11.1. The number of halogens is 1. The van der Waals surface area contributed by atoms with Crippen molar-refractivity contribution in [2.24, 2.45) is 0 Å². The van der Waals surface area contributed by atoms with Gasteiger partial charge in [-0.3, -0.25) is 4.79 Å². The zero-order valence-corrected chi connectivity index (χ0v) is 12.7. The number of amides is 1. The maximum absolute atomic E-state index is 12.6. The molecule has 1 unspecified atom stereocenters. The van der Waals surface area contributed by atoms with Crippen LogP contribution in [0.15, 0.2) is 35.1 Å². The van der Waals surface area contributed by atoms with E-state index in [1.807, 2.05) is 0 Å². The number of morpholine rings is 1. The highest BCUT2D eigenvalue weighted by Gasteiger charge is 2.32. The SMILES string of the molecule is O=C(O)C1CN(C(=O)c2ncoc2-c2ccccc2Cl)CCO1. The Hall–Kier alpha value is -2.38. The Balaban J connectivity index is 1.88. The maximum atomic E-state index is 12.6. The standard InChI is InChI=1S/C15H13ClN2O5/c16-10-4-2-1-3-9(10)13-12(17-8-23-13)14(19)18-5-6-22-11(7-18)15(20)21/h1-4,8,11H,5-7H2,(H,20,21). The number of nitrogens with zero attached hydrogens (tertiary/aromatic N) is 2. The molecule has 1 aliphatic heterocycles. The highest BCUT2D eigenvalue weighted by molar-refractivity contribution is 6.33. The van der Waals surface area contributed by atoms with Crippen molar-refractivity contribution in [3.8, 4) is 11.3 Å². The predicted octanol–water partition coefficient (Wildman–Crippen LogP) is 1.92. The van der Waals surface area contributed by atoms with Gasteiger partial charge in [-0.1, -0.05) is 23.7 Å². The Morgan fingerprint density at radius 3 is 2.87 bits per heavy atom. The number of ether oxygens (including phenoxy) is 1. The second kappa shape index (κ2) is 6.39. The molecule has 1 aromatic heterocycles. The van der Waals surface area contributed by atoms with Crippen molar-refractivity contribution in [2.45, 2.75) is 6.10 Å². The average Bonchev–Trinajstić information content (AvgIpc) is 3.04. The fraction of sp³-hybridized carbons (Fsp3) is 0.267. The number of aromatic nitrogens is 1. The molecule has 1 fully saturated rings. The third-order valence-corrected chi connectivity index (χ3v) is 3.85. The van der Waals surface area contributed by atoms with E-state index in [2.05, 4.69) is 4.98 Å². The van der Waals surface area contributed by atoms with Gasteiger partial charge in [0.25, 0.3) is 5.91 Å². The molecule has 0 bridgehead atoms. The van der Waals surface area contributed by atoms with Crippen LogP contribution in [-0.2, 0) is 9.53 Å². The topological polar surface area (TPSA) is 92.9 Å². The van der Waals surface area contributed by atoms with E-state index in [0.29, 0.717) is 10.6 Å². The van der Waals surface area contributed by atoms with Crippen LogP contribution in [-0.4, -0.2) is 52.7 Å². The molecule has 8 heteroatoms. The minimum Gasteiger partial charge on any atom is -0.479 e. The quantitative estimate of drug-likeness (QED) is 0.920. The van der Waals surface area contributed by atoms with Gasteiger partial charge in [0.1, 0.15) is 0 Å². The molecule has 1 amide bonds. The number of carboxylic acids is 1. The Kier molecular flexibility index (Phi) is 4.31. The number of benzene rings is 1. The summed E-state index contributed by atoms with van der Waals surface area (Å²) in [6.45, 7) is 0.405. The Morgan fingerprint density at radius 1 is 1.35 bits per heavy atom. The van der Waals surface area contributed by atoms with Crippen LogP contribution in [0, 0.1) is 0 Å². The molecule has 2 aromatic rings. The van der Waals surface area contributed by atoms with E-state index in [4.69, 9.17) is 25.9 Å². The summed E-state index contributed by atoms with van der Waals surface area (Å²) in [7, 11) is 0. The second-order valence-corrected chi connectivity index (χ2v) is 5.37. The summed E-state index contributed by atoms with van der Waals surface area (Å²) in [6, 6.07) is 6.94. The van der Waals surface area contributed by atoms with Gasteiger partial charge in [-0.05, 0) is 12.1 Å². The van der Waals surface area contributed by atoms with Gasteiger partial charge in [-0.25, -0.2) is 9.78 Å². The fourth-order valence-corrected chi connectivity index (χ4v) is 2.59. The lowest BCUT2D eigenvalue weighted by Gasteiger charge is -2.30. The molecule has 1 aromatic carbocycles. The number of aliphatic carboxylic acids is 1. The van der Waals surface area contributed by atoms with E-state index in [9.17, 15) is 9.59 Å². The van der Waals surface area contributed by atoms with Crippen molar-refractivity contribution in [1.29, 1.82) is 0 Å². The molecule has 1 atom stereocenters. The Labute approximate surface area is 136 Å².